The van der Waals surface area contributed by atoms with Gasteiger partial charge >= 0.3 is 12.4 Å². The standard InChI is InChI=1S/C24H20B.C20H13F6S/c1-5-13-21(14-6-1)25(22-15-7-2-8-16-22,23-17-9-3-10-18-23)24-19-11-4-12-20-24;21-19(22,23)14-6-10-17(11-7-14)27(16-4-2-1-3-5-16)18-12-8-15(9-13-18)20(24,25)26/h1-20H;1-13H/q-1;+1. The molecule has 0 N–H and O–H groups in total. The predicted molar refractivity (Wildman–Crippen MR) is 202 cm³/mol. The van der Waals surface area contributed by atoms with Gasteiger partial charge in [-0.2, -0.15) is 48.2 Å². The molecular formula is C44H33BF6S. The Kier molecular flexibility index (Phi) is 11.1. The molecule has 7 rings (SSSR count). The zero-order valence-corrected chi connectivity index (χ0v) is 28.6. The van der Waals surface area contributed by atoms with E-state index in [1.54, 1.807) is 30.3 Å². The van der Waals surface area contributed by atoms with Crippen LogP contribution in [-0.4, -0.2) is 6.15 Å². The highest BCUT2D eigenvalue weighted by molar-refractivity contribution is 7.97. The molecule has 0 heterocycles. The Morgan fingerprint density at radius 3 is 0.769 bits per heavy atom. The molecular weight excluding hydrogens is 685 g/mol. The third-order valence-electron chi connectivity index (χ3n) is 9.01. The van der Waals surface area contributed by atoms with E-state index in [0.717, 1.165) is 29.2 Å². The molecule has 0 unspecified atom stereocenters. The van der Waals surface area contributed by atoms with Gasteiger partial charge in [0.25, 0.3) is 0 Å². The molecule has 0 amide bonds. The largest absolute Gasteiger partial charge is 0.416 e. The maximum Gasteiger partial charge on any atom is 0.416 e. The Labute approximate surface area is 302 Å². The second-order valence-electron chi connectivity index (χ2n) is 12.2. The first-order valence-corrected chi connectivity index (χ1v) is 17.8. The Morgan fingerprint density at radius 2 is 0.519 bits per heavy atom. The molecule has 52 heavy (non-hydrogen) atoms. The van der Waals surface area contributed by atoms with E-state index in [1.807, 2.05) is 0 Å². The van der Waals surface area contributed by atoms with Crippen LogP contribution in [0.4, 0.5) is 26.3 Å². The van der Waals surface area contributed by atoms with Crippen LogP contribution >= 0.6 is 0 Å². The molecule has 0 aliphatic rings. The van der Waals surface area contributed by atoms with Crippen molar-refractivity contribution in [3.8, 4) is 0 Å². The third kappa shape index (κ3) is 8.03. The number of hydrogen-bond donors (Lipinski definition) is 0. The summed E-state index contributed by atoms with van der Waals surface area (Å²) in [6.45, 7) is 0. The summed E-state index contributed by atoms with van der Waals surface area (Å²) in [6, 6.07) is 61.9. The Balaban J connectivity index is 0.000000179. The van der Waals surface area contributed by atoms with Gasteiger partial charge in [0.15, 0.2) is 14.7 Å². The van der Waals surface area contributed by atoms with Crippen LogP contribution in [-0.2, 0) is 23.2 Å². The molecule has 0 saturated heterocycles. The summed E-state index contributed by atoms with van der Waals surface area (Å²) in [5.74, 6) is 0. The minimum absolute atomic E-state index is 0.592. The average molecular weight is 719 g/mol. The number of alkyl halides is 6. The predicted octanol–water partition coefficient (Wildman–Crippen LogP) is 9.88. The summed E-state index contributed by atoms with van der Waals surface area (Å²) < 4.78 is 76.9. The number of hydrogen-bond acceptors (Lipinski definition) is 0. The fourth-order valence-electron chi connectivity index (χ4n) is 6.65. The van der Waals surface area contributed by atoms with Crippen molar-refractivity contribution in [2.24, 2.45) is 0 Å². The highest BCUT2D eigenvalue weighted by atomic mass is 32.2. The lowest BCUT2D eigenvalue weighted by molar-refractivity contribution is -0.138. The van der Waals surface area contributed by atoms with Gasteiger partial charge in [0, 0.05) is 0 Å². The second-order valence-corrected chi connectivity index (χ2v) is 14.2. The van der Waals surface area contributed by atoms with Crippen molar-refractivity contribution in [2.45, 2.75) is 27.0 Å². The average Bonchev–Trinajstić information content (AvgIpc) is 3.18. The van der Waals surface area contributed by atoms with Crippen LogP contribution in [0, 0.1) is 0 Å². The van der Waals surface area contributed by atoms with Gasteiger partial charge in [-0.25, -0.2) is 0 Å². The van der Waals surface area contributed by atoms with Gasteiger partial charge in [0.2, 0.25) is 0 Å². The molecule has 0 nitrogen and oxygen atoms in total. The summed E-state index contributed by atoms with van der Waals surface area (Å²) in [6.07, 6.45) is -10.1. The fourth-order valence-corrected chi connectivity index (χ4v) is 8.71. The van der Waals surface area contributed by atoms with Crippen molar-refractivity contribution >= 4 is 38.9 Å². The van der Waals surface area contributed by atoms with E-state index < -0.39 is 40.5 Å². The van der Waals surface area contributed by atoms with Crippen LogP contribution in [0.25, 0.3) is 0 Å². The first-order valence-electron chi connectivity index (χ1n) is 16.6. The van der Waals surface area contributed by atoms with Gasteiger partial charge < -0.3 is 0 Å². The molecule has 7 aromatic rings. The lowest BCUT2D eigenvalue weighted by Gasteiger charge is -2.44. The molecule has 0 bridgehead atoms. The van der Waals surface area contributed by atoms with Crippen LogP contribution in [0.5, 0.6) is 0 Å². The molecule has 260 valence electrons. The van der Waals surface area contributed by atoms with Gasteiger partial charge in [0.1, 0.15) is 6.15 Å². The zero-order valence-electron chi connectivity index (χ0n) is 27.8. The van der Waals surface area contributed by atoms with Crippen molar-refractivity contribution in [1.29, 1.82) is 0 Å². The minimum Gasteiger partial charge on any atom is -0.195 e. The first kappa shape index (κ1) is 36.3. The molecule has 0 radical (unpaired) electrons. The van der Waals surface area contributed by atoms with Crippen LogP contribution in [0.3, 0.4) is 0 Å². The number of rotatable bonds is 7. The SMILES string of the molecule is FC(F)(F)c1ccc([S+](c2ccccc2)c2ccc(C(F)(F)F)cc2)cc1.c1ccc([B-](c2ccccc2)(c2ccccc2)c2ccccc2)cc1. The molecule has 0 atom stereocenters. The van der Waals surface area contributed by atoms with Gasteiger partial charge in [0.05, 0.1) is 22.0 Å². The third-order valence-corrected chi connectivity index (χ3v) is 11.2. The number of benzene rings is 7. The molecule has 0 aliphatic heterocycles. The molecule has 0 fully saturated rings. The summed E-state index contributed by atoms with van der Waals surface area (Å²) in [4.78, 5) is 1.99. The van der Waals surface area contributed by atoms with Crippen LogP contribution in [0.1, 0.15) is 11.1 Å². The van der Waals surface area contributed by atoms with Crippen molar-refractivity contribution in [3.05, 3.63) is 211 Å². The monoisotopic (exact) mass is 718 g/mol. The normalized spacial score (nSPS) is 11.8. The van der Waals surface area contributed by atoms with Gasteiger partial charge in [-0.3, -0.25) is 0 Å². The lowest BCUT2D eigenvalue weighted by Crippen LogP contribution is -2.74. The van der Waals surface area contributed by atoms with Crippen LogP contribution < -0.4 is 21.9 Å². The minimum atomic E-state index is -4.45. The van der Waals surface area contributed by atoms with Gasteiger partial charge in [-0.05, 0) is 60.7 Å². The van der Waals surface area contributed by atoms with E-state index in [9.17, 15) is 26.3 Å². The zero-order chi connectivity index (χ0) is 36.6. The maximum absolute atomic E-state index is 12.8. The molecule has 0 saturated carbocycles. The Hall–Kier alpha value is -5.47. The van der Waals surface area contributed by atoms with Crippen molar-refractivity contribution in [3.63, 3.8) is 0 Å². The topological polar surface area (TPSA) is 0 Å². The van der Waals surface area contributed by atoms with Gasteiger partial charge in [-0.1, -0.05) is 140 Å². The second kappa shape index (κ2) is 15.8. The molecule has 0 aromatic heterocycles. The quantitative estimate of drug-likeness (QED) is 0.0875. The van der Waals surface area contributed by atoms with E-state index in [0.29, 0.717) is 9.79 Å². The molecule has 0 spiro atoms. The van der Waals surface area contributed by atoms with Crippen LogP contribution in [0.2, 0.25) is 0 Å². The highest BCUT2D eigenvalue weighted by Gasteiger charge is 2.35. The van der Waals surface area contributed by atoms with E-state index in [1.165, 1.54) is 46.1 Å². The summed E-state index contributed by atoms with van der Waals surface area (Å²) in [5, 5.41) is 0. The summed E-state index contributed by atoms with van der Waals surface area (Å²) in [5.41, 5.74) is 3.82. The Bertz CT molecular complexity index is 1900. The maximum atomic E-state index is 12.8. The molecule has 0 aliphatic carbocycles. The highest BCUT2D eigenvalue weighted by Crippen LogP contribution is 2.36. The fraction of sp³-hybridized carbons (Fsp3) is 0.0455. The summed E-state index contributed by atoms with van der Waals surface area (Å²) in [7, 11) is -0.819. The van der Waals surface area contributed by atoms with E-state index in [2.05, 4.69) is 121 Å². The van der Waals surface area contributed by atoms with E-state index in [4.69, 9.17) is 0 Å². The van der Waals surface area contributed by atoms with Crippen LogP contribution in [0.15, 0.2) is 215 Å². The van der Waals surface area contributed by atoms with E-state index >= 15 is 0 Å². The Morgan fingerprint density at radius 1 is 0.288 bits per heavy atom. The van der Waals surface area contributed by atoms with Gasteiger partial charge in [-0.15, -0.1) is 0 Å². The van der Waals surface area contributed by atoms with Crippen molar-refractivity contribution in [1.82, 2.24) is 0 Å². The molecule has 7 aromatic carbocycles. The smallest absolute Gasteiger partial charge is 0.195 e. The van der Waals surface area contributed by atoms with E-state index in [-0.39, 0.29) is 0 Å². The first-order chi connectivity index (χ1) is 25.1. The lowest BCUT2D eigenvalue weighted by atomic mass is 9.13. The summed E-state index contributed by atoms with van der Waals surface area (Å²) >= 11 is 0. The number of halogens is 6. The molecule has 8 heteroatoms. The van der Waals surface area contributed by atoms with Crippen molar-refractivity contribution < 1.29 is 26.3 Å². The van der Waals surface area contributed by atoms with Crippen molar-refractivity contribution in [2.75, 3.05) is 0 Å².